The van der Waals surface area contributed by atoms with E-state index in [1.807, 2.05) is 0 Å². The first-order valence-electron chi connectivity index (χ1n) is 5.82. The zero-order valence-electron chi connectivity index (χ0n) is 10.4. The van der Waals surface area contributed by atoms with E-state index in [1.54, 1.807) is 24.4 Å². The highest BCUT2D eigenvalue weighted by Crippen LogP contribution is 2.12. The number of carbonyl (C=O) groups is 2. The second-order valence-corrected chi connectivity index (χ2v) is 3.88. The summed E-state index contributed by atoms with van der Waals surface area (Å²) in [7, 11) is 0. The van der Waals surface area contributed by atoms with E-state index in [-0.39, 0.29) is 18.1 Å². The topological polar surface area (TPSA) is 88.5 Å². The number of hydrogen-bond donors (Lipinski definition) is 2. The van der Waals surface area contributed by atoms with E-state index in [0.717, 1.165) is 0 Å². The van der Waals surface area contributed by atoms with Crippen LogP contribution in [-0.2, 0) is 4.79 Å². The van der Waals surface area contributed by atoms with E-state index in [9.17, 15) is 9.59 Å². The molecular formula is C14H12N2O4. The predicted molar refractivity (Wildman–Crippen MR) is 71.8 cm³/mol. The number of benzene rings is 1. The normalized spacial score (nSPS) is 9.80. The van der Waals surface area contributed by atoms with Gasteiger partial charge >= 0.3 is 5.97 Å². The Morgan fingerprint density at radius 3 is 2.50 bits per heavy atom. The molecule has 0 fully saturated rings. The van der Waals surface area contributed by atoms with Crippen LogP contribution in [-0.4, -0.2) is 28.6 Å². The Hall–Kier alpha value is -2.89. The number of aromatic carboxylic acids is 1. The molecule has 0 aliphatic heterocycles. The first-order valence-corrected chi connectivity index (χ1v) is 5.82. The van der Waals surface area contributed by atoms with Gasteiger partial charge in [-0.3, -0.25) is 4.79 Å². The summed E-state index contributed by atoms with van der Waals surface area (Å²) in [6.07, 6.45) is 1.57. The Kier molecular flexibility index (Phi) is 4.28. The van der Waals surface area contributed by atoms with Crippen LogP contribution in [0.5, 0.6) is 5.75 Å². The Balaban J connectivity index is 1.85. The van der Waals surface area contributed by atoms with Crippen LogP contribution in [0.2, 0.25) is 0 Å². The van der Waals surface area contributed by atoms with Gasteiger partial charge in [-0.2, -0.15) is 0 Å². The van der Waals surface area contributed by atoms with Crippen molar-refractivity contribution in [1.82, 2.24) is 4.98 Å². The summed E-state index contributed by atoms with van der Waals surface area (Å²) in [5.41, 5.74) is 0.162. The summed E-state index contributed by atoms with van der Waals surface area (Å²) in [6.45, 7) is -0.178. The maximum Gasteiger partial charge on any atom is 0.335 e. The van der Waals surface area contributed by atoms with Gasteiger partial charge in [0.15, 0.2) is 6.61 Å². The molecule has 0 unspecified atom stereocenters. The van der Waals surface area contributed by atoms with Gasteiger partial charge in [-0.05, 0) is 36.4 Å². The molecule has 0 bridgehead atoms. The first kappa shape index (κ1) is 13.5. The number of pyridine rings is 1. The van der Waals surface area contributed by atoms with Gasteiger partial charge < -0.3 is 15.2 Å². The second-order valence-electron chi connectivity index (χ2n) is 3.88. The molecule has 2 aromatic rings. The lowest BCUT2D eigenvalue weighted by Gasteiger charge is -2.07. The Morgan fingerprint density at radius 2 is 1.90 bits per heavy atom. The molecule has 1 heterocycles. The molecule has 6 heteroatoms. The average Bonchev–Trinajstić information content (AvgIpc) is 2.46. The lowest BCUT2D eigenvalue weighted by atomic mass is 10.2. The summed E-state index contributed by atoms with van der Waals surface area (Å²) in [5, 5.41) is 11.3. The number of amides is 1. The summed E-state index contributed by atoms with van der Waals surface area (Å²) >= 11 is 0. The minimum absolute atomic E-state index is 0.162. The zero-order valence-corrected chi connectivity index (χ0v) is 10.4. The van der Waals surface area contributed by atoms with E-state index in [2.05, 4.69) is 10.3 Å². The van der Waals surface area contributed by atoms with E-state index < -0.39 is 5.97 Å². The summed E-state index contributed by atoms with van der Waals surface area (Å²) in [6, 6.07) is 11.0. The molecule has 0 aliphatic carbocycles. The highest BCUT2D eigenvalue weighted by Gasteiger charge is 2.05. The zero-order chi connectivity index (χ0) is 14.4. The SMILES string of the molecule is O=C(COc1ccc(C(=O)O)cc1)Nc1ccccn1. The van der Waals surface area contributed by atoms with Crippen LogP contribution in [0.1, 0.15) is 10.4 Å². The van der Waals surface area contributed by atoms with Crippen LogP contribution in [0.25, 0.3) is 0 Å². The predicted octanol–water partition coefficient (Wildman–Crippen LogP) is 1.80. The molecule has 0 aliphatic rings. The van der Waals surface area contributed by atoms with Crippen molar-refractivity contribution in [1.29, 1.82) is 0 Å². The Labute approximate surface area is 115 Å². The van der Waals surface area contributed by atoms with Crippen molar-refractivity contribution in [2.75, 3.05) is 11.9 Å². The molecule has 0 saturated carbocycles. The van der Waals surface area contributed by atoms with Crippen molar-refractivity contribution >= 4 is 17.7 Å². The fraction of sp³-hybridized carbons (Fsp3) is 0.0714. The van der Waals surface area contributed by atoms with Gasteiger partial charge in [0, 0.05) is 6.20 Å². The van der Waals surface area contributed by atoms with Gasteiger partial charge in [-0.1, -0.05) is 6.07 Å². The summed E-state index contributed by atoms with van der Waals surface area (Å²) in [5.74, 6) is -0.482. The number of ether oxygens (including phenoxy) is 1. The Bertz CT molecular complexity index is 596. The van der Waals surface area contributed by atoms with E-state index in [0.29, 0.717) is 11.6 Å². The quantitative estimate of drug-likeness (QED) is 0.866. The fourth-order valence-corrected chi connectivity index (χ4v) is 1.46. The third kappa shape index (κ3) is 3.81. The van der Waals surface area contributed by atoms with Crippen molar-refractivity contribution < 1.29 is 19.4 Å². The molecular weight excluding hydrogens is 260 g/mol. The number of carboxylic acid groups (broad SMARTS) is 1. The summed E-state index contributed by atoms with van der Waals surface area (Å²) < 4.78 is 5.24. The molecule has 0 radical (unpaired) electrons. The van der Waals surface area contributed by atoms with E-state index in [4.69, 9.17) is 9.84 Å². The molecule has 0 saturated heterocycles. The number of carbonyl (C=O) groups excluding carboxylic acids is 1. The van der Waals surface area contributed by atoms with Gasteiger partial charge in [0.1, 0.15) is 11.6 Å². The molecule has 1 amide bonds. The van der Waals surface area contributed by atoms with Crippen molar-refractivity contribution in [2.24, 2.45) is 0 Å². The summed E-state index contributed by atoms with van der Waals surface area (Å²) in [4.78, 5) is 26.2. The van der Waals surface area contributed by atoms with Gasteiger partial charge in [0.05, 0.1) is 5.56 Å². The van der Waals surface area contributed by atoms with E-state index in [1.165, 1.54) is 24.3 Å². The molecule has 1 aromatic carbocycles. The standard InChI is InChI=1S/C14H12N2O4/c17-13(16-12-3-1-2-8-15-12)9-20-11-6-4-10(5-7-11)14(18)19/h1-8H,9H2,(H,18,19)(H,15,16,17). The van der Waals surface area contributed by atoms with Crippen LogP contribution >= 0.6 is 0 Å². The van der Waals surface area contributed by atoms with Crippen LogP contribution in [0.4, 0.5) is 5.82 Å². The molecule has 0 atom stereocenters. The smallest absolute Gasteiger partial charge is 0.335 e. The highest BCUT2D eigenvalue weighted by molar-refractivity contribution is 5.91. The first-order chi connectivity index (χ1) is 9.65. The molecule has 20 heavy (non-hydrogen) atoms. The van der Waals surface area contributed by atoms with Gasteiger partial charge in [0.25, 0.3) is 5.91 Å². The van der Waals surface area contributed by atoms with Gasteiger partial charge in [-0.25, -0.2) is 9.78 Å². The molecule has 0 spiro atoms. The van der Waals surface area contributed by atoms with Crippen LogP contribution in [0, 0.1) is 0 Å². The lowest BCUT2D eigenvalue weighted by molar-refractivity contribution is -0.118. The molecule has 6 nitrogen and oxygen atoms in total. The molecule has 1 aromatic heterocycles. The number of nitrogens with one attached hydrogen (secondary N) is 1. The second kappa shape index (κ2) is 6.33. The molecule has 2 N–H and O–H groups in total. The number of nitrogens with zero attached hydrogens (tertiary/aromatic N) is 1. The van der Waals surface area contributed by atoms with Gasteiger partial charge in [0.2, 0.25) is 0 Å². The minimum atomic E-state index is -1.01. The van der Waals surface area contributed by atoms with Crippen molar-refractivity contribution in [3.05, 3.63) is 54.2 Å². The third-order valence-corrected chi connectivity index (χ3v) is 2.40. The van der Waals surface area contributed by atoms with Crippen molar-refractivity contribution in [3.8, 4) is 5.75 Å². The third-order valence-electron chi connectivity index (χ3n) is 2.40. The van der Waals surface area contributed by atoms with Crippen LogP contribution in [0.15, 0.2) is 48.7 Å². The number of aromatic nitrogens is 1. The lowest BCUT2D eigenvalue weighted by Crippen LogP contribution is -2.20. The van der Waals surface area contributed by atoms with Crippen LogP contribution < -0.4 is 10.1 Å². The largest absolute Gasteiger partial charge is 0.484 e. The van der Waals surface area contributed by atoms with Crippen molar-refractivity contribution in [3.63, 3.8) is 0 Å². The maximum atomic E-state index is 11.6. The average molecular weight is 272 g/mol. The highest BCUT2D eigenvalue weighted by atomic mass is 16.5. The fourth-order valence-electron chi connectivity index (χ4n) is 1.46. The Morgan fingerprint density at radius 1 is 1.15 bits per heavy atom. The molecule has 102 valence electrons. The number of anilines is 1. The maximum absolute atomic E-state index is 11.6. The number of hydrogen-bond acceptors (Lipinski definition) is 4. The van der Waals surface area contributed by atoms with Crippen LogP contribution in [0.3, 0.4) is 0 Å². The monoisotopic (exact) mass is 272 g/mol. The van der Waals surface area contributed by atoms with Crippen molar-refractivity contribution in [2.45, 2.75) is 0 Å². The molecule has 2 rings (SSSR count). The van der Waals surface area contributed by atoms with E-state index >= 15 is 0 Å². The van der Waals surface area contributed by atoms with Gasteiger partial charge in [-0.15, -0.1) is 0 Å². The minimum Gasteiger partial charge on any atom is -0.484 e. The number of carboxylic acids is 1. The number of rotatable bonds is 5.